The Bertz CT molecular complexity index is 311. The molecule has 1 unspecified atom stereocenters. The summed E-state index contributed by atoms with van der Waals surface area (Å²) in [5, 5.41) is 11.2. The van der Waals surface area contributed by atoms with Crippen LogP contribution in [0.3, 0.4) is 0 Å². The van der Waals surface area contributed by atoms with Gasteiger partial charge in [-0.1, -0.05) is 84.5 Å². The maximum Gasteiger partial charge on any atom is 0.138 e. The molecule has 0 aliphatic heterocycles. The zero-order valence-corrected chi connectivity index (χ0v) is 14.1. The molecule has 122 valence electrons. The molecule has 0 saturated heterocycles. The van der Waals surface area contributed by atoms with E-state index in [1.54, 1.807) is 6.33 Å². The highest BCUT2D eigenvalue weighted by atomic mass is 15.5. The highest BCUT2D eigenvalue weighted by molar-refractivity contribution is 4.56. The fraction of sp³-hybridized carbons (Fsp3) is 0.941. The van der Waals surface area contributed by atoms with E-state index in [0.717, 1.165) is 12.5 Å². The monoisotopic (exact) mass is 294 g/mol. The van der Waals surface area contributed by atoms with Crippen molar-refractivity contribution in [1.29, 1.82) is 0 Å². The summed E-state index contributed by atoms with van der Waals surface area (Å²) in [6.45, 7) is 5.67. The van der Waals surface area contributed by atoms with Crippen molar-refractivity contribution >= 4 is 0 Å². The molecule has 0 bridgehead atoms. The molecule has 0 spiro atoms. The molecular weight excluding hydrogens is 260 g/mol. The zero-order valence-electron chi connectivity index (χ0n) is 14.1. The summed E-state index contributed by atoms with van der Waals surface area (Å²) >= 11 is 0. The van der Waals surface area contributed by atoms with E-state index in [9.17, 15) is 0 Å². The predicted molar refractivity (Wildman–Crippen MR) is 88.1 cm³/mol. The third-order valence-corrected chi connectivity index (χ3v) is 4.28. The normalized spacial score (nSPS) is 12.7. The van der Waals surface area contributed by atoms with Gasteiger partial charge in [-0.3, -0.25) is 0 Å². The molecule has 0 N–H and O–H groups in total. The number of unbranched alkanes of at least 4 members (excludes halogenated alkanes) is 8. The lowest BCUT2D eigenvalue weighted by Gasteiger charge is -2.11. The molecule has 0 aliphatic rings. The summed E-state index contributed by atoms with van der Waals surface area (Å²) in [5.74, 6) is 0.913. The Hall–Kier alpha value is -0.930. The number of tetrazole rings is 1. The van der Waals surface area contributed by atoms with Crippen molar-refractivity contribution in [2.45, 2.75) is 97.4 Å². The van der Waals surface area contributed by atoms with Crippen LogP contribution >= 0.6 is 0 Å². The van der Waals surface area contributed by atoms with Crippen molar-refractivity contribution in [3.63, 3.8) is 0 Å². The maximum absolute atomic E-state index is 3.88. The summed E-state index contributed by atoms with van der Waals surface area (Å²) in [7, 11) is 0. The van der Waals surface area contributed by atoms with E-state index in [0.29, 0.717) is 0 Å². The van der Waals surface area contributed by atoms with Crippen molar-refractivity contribution in [3.05, 3.63) is 6.33 Å². The molecular formula is C17H34N4. The highest BCUT2D eigenvalue weighted by Gasteiger charge is 2.02. The quantitative estimate of drug-likeness (QED) is 0.453. The third-order valence-electron chi connectivity index (χ3n) is 4.28. The van der Waals surface area contributed by atoms with Crippen LogP contribution in [0.15, 0.2) is 6.33 Å². The van der Waals surface area contributed by atoms with Crippen LogP contribution in [0.4, 0.5) is 0 Å². The van der Waals surface area contributed by atoms with E-state index in [1.165, 1.54) is 77.0 Å². The van der Waals surface area contributed by atoms with Gasteiger partial charge in [0.2, 0.25) is 0 Å². The van der Waals surface area contributed by atoms with Crippen LogP contribution in [0.1, 0.15) is 90.9 Å². The topological polar surface area (TPSA) is 43.6 Å². The lowest BCUT2D eigenvalue weighted by molar-refractivity contribution is 0.428. The lowest BCUT2D eigenvalue weighted by Crippen LogP contribution is -1.99. The van der Waals surface area contributed by atoms with Gasteiger partial charge in [-0.2, -0.15) is 0 Å². The summed E-state index contributed by atoms with van der Waals surface area (Å²) in [5.41, 5.74) is 0. The molecule has 4 heteroatoms. The van der Waals surface area contributed by atoms with E-state index in [4.69, 9.17) is 0 Å². The molecule has 4 nitrogen and oxygen atoms in total. The number of nitrogens with zero attached hydrogens (tertiary/aromatic N) is 4. The van der Waals surface area contributed by atoms with E-state index < -0.39 is 0 Å². The highest BCUT2D eigenvalue weighted by Crippen LogP contribution is 2.18. The Balaban J connectivity index is 1.81. The summed E-state index contributed by atoms with van der Waals surface area (Å²) in [4.78, 5) is 0. The van der Waals surface area contributed by atoms with Gasteiger partial charge in [0, 0.05) is 6.54 Å². The van der Waals surface area contributed by atoms with Gasteiger partial charge in [0.25, 0.3) is 0 Å². The molecule has 0 fully saturated rings. The van der Waals surface area contributed by atoms with Gasteiger partial charge in [-0.25, -0.2) is 4.68 Å². The fourth-order valence-electron chi connectivity index (χ4n) is 2.82. The van der Waals surface area contributed by atoms with E-state index in [2.05, 4.69) is 29.4 Å². The lowest BCUT2D eigenvalue weighted by atomic mass is 9.96. The van der Waals surface area contributed by atoms with Gasteiger partial charge in [0.15, 0.2) is 0 Å². The Kier molecular flexibility index (Phi) is 11.0. The van der Waals surface area contributed by atoms with Gasteiger partial charge in [0.1, 0.15) is 6.33 Å². The number of hydrogen-bond donors (Lipinski definition) is 0. The maximum atomic E-state index is 3.88. The average Bonchev–Trinajstić information content (AvgIpc) is 2.99. The van der Waals surface area contributed by atoms with Crippen LogP contribution in [0.5, 0.6) is 0 Å². The first-order valence-electron chi connectivity index (χ1n) is 9.03. The fourth-order valence-corrected chi connectivity index (χ4v) is 2.82. The Morgan fingerprint density at radius 3 is 2.10 bits per heavy atom. The summed E-state index contributed by atoms with van der Waals surface area (Å²) in [6, 6.07) is 0. The second kappa shape index (κ2) is 12.8. The molecule has 1 rings (SSSR count). The molecule has 1 aromatic rings. The van der Waals surface area contributed by atoms with Gasteiger partial charge >= 0.3 is 0 Å². The van der Waals surface area contributed by atoms with E-state index in [1.807, 2.05) is 4.68 Å². The number of aryl methyl sites for hydroxylation is 1. The van der Waals surface area contributed by atoms with Crippen LogP contribution in [-0.2, 0) is 6.54 Å². The molecule has 0 radical (unpaired) electrons. The van der Waals surface area contributed by atoms with Gasteiger partial charge in [-0.15, -0.1) is 5.10 Å². The molecule has 0 saturated carbocycles. The molecule has 1 atom stereocenters. The van der Waals surface area contributed by atoms with Crippen molar-refractivity contribution in [2.24, 2.45) is 5.92 Å². The van der Waals surface area contributed by atoms with Crippen LogP contribution in [0.2, 0.25) is 0 Å². The minimum absolute atomic E-state index is 0.913. The molecule has 21 heavy (non-hydrogen) atoms. The second-order valence-electron chi connectivity index (χ2n) is 6.44. The van der Waals surface area contributed by atoms with Crippen LogP contribution < -0.4 is 0 Å². The molecule has 0 aliphatic carbocycles. The molecule has 0 aromatic carbocycles. The predicted octanol–water partition coefficient (Wildman–Crippen LogP) is 5.01. The first-order chi connectivity index (χ1) is 10.3. The first-order valence-corrected chi connectivity index (χ1v) is 9.03. The van der Waals surface area contributed by atoms with E-state index >= 15 is 0 Å². The first kappa shape index (κ1) is 18.1. The number of aromatic nitrogens is 4. The van der Waals surface area contributed by atoms with Crippen LogP contribution in [0.25, 0.3) is 0 Å². The van der Waals surface area contributed by atoms with Crippen molar-refractivity contribution in [2.75, 3.05) is 0 Å². The largest absolute Gasteiger partial charge is 0.233 e. The Morgan fingerprint density at radius 1 is 0.857 bits per heavy atom. The Labute approximate surface area is 130 Å². The van der Waals surface area contributed by atoms with Gasteiger partial charge < -0.3 is 0 Å². The van der Waals surface area contributed by atoms with Crippen molar-refractivity contribution < 1.29 is 0 Å². The third kappa shape index (κ3) is 10.4. The van der Waals surface area contributed by atoms with Crippen LogP contribution in [0, 0.1) is 5.92 Å². The van der Waals surface area contributed by atoms with Gasteiger partial charge in [0.05, 0.1) is 0 Å². The van der Waals surface area contributed by atoms with Crippen molar-refractivity contribution in [3.8, 4) is 0 Å². The molecule has 1 aromatic heterocycles. The minimum Gasteiger partial charge on any atom is -0.233 e. The Morgan fingerprint density at radius 2 is 1.48 bits per heavy atom. The smallest absolute Gasteiger partial charge is 0.138 e. The molecule has 0 amide bonds. The number of hydrogen-bond acceptors (Lipinski definition) is 3. The minimum atomic E-state index is 0.913. The summed E-state index contributed by atoms with van der Waals surface area (Å²) in [6.07, 6.45) is 18.3. The molecule has 1 heterocycles. The van der Waals surface area contributed by atoms with Crippen LogP contribution in [-0.4, -0.2) is 20.2 Å². The SMILES string of the molecule is CCCCCCCCC(C)CCCCCCn1cnnn1. The van der Waals surface area contributed by atoms with E-state index in [-0.39, 0.29) is 0 Å². The number of rotatable bonds is 14. The summed E-state index contributed by atoms with van der Waals surface area (Å²) < 4.78 is 1.82. The average molecular weight is 294 g/mol. The van der Waals surface area contributed by atoms with Gasteiger partial charge in [-0.05, 0) is 22.8 Å². The second-order valence-corrected chi connectivity index (χ2v) is 6.44. The van der Waals surface area contributed by atoms with Crippen molar-refractivity contribution in [1.82, 2.24) is 20.2 Å². The standard InChI is InChI=1S/C17H34N4/c1-3-4-5-6-7-10-13-17(2)14-11-8-9-12-15-21-16-18-19-20-21/h16-17H,3-15H2,1-2H3. The zero-order chi connectivity index (χ0) is 15.2.